The van der Waals surface area contributed by atoms with Gasteiger partial charge in [0.2, 0.25) is 0 Å². The lowest BCUT2D eigenvalue weighted by Crippen LogP contribution is -2.98. The highest BCUT2D eigenvalue weighted by Gasteiger charge is 2.11. The largest absolute Gasteiger partial charge is 0.629 e. The summed E-state index contributed by atoms with van der Waals surface area (Å²) in [6.45, 7) is 2.34. The van der Waals surface area contributed by atoms with Gasteiger partial charge in [-0.05, 0) is 13.0 Å². The predicted molar refractivity (Wildman–Crippen MR) is 79.4 cm³/mol. The summed E-state index contributed by atoms with van der Waals surface area (Å²) in [5.74, 6) is -0.691. The molecule has 6 nitrogen and oxygen atoms in total. The standard InChI is InChI=1S/C14H16N2O4S/c1-9-13(21-8-15-9)3-4-20-12-6-10(14(17)18)5-11(7-12)16(2)19/h5-8,16H,3-4H2,1-2H3,(H,17,18). The van der Waals surface area contributed by atoms with Crippen molar-refractivity contribution in [1.29, 1.82) is 0 Å². The Morgan fingerprint density at radius 3 is 2.81 bits per heavy atom. The van der Waals surface area contributed by atoms with Gasteiger partial charge in [0.1, 0.15) is 11.4 Å². The number of carboxylic acid groups (broad SMARTS) is 1. The number of carboxylic acids is 1. The topological polar surface area (TPSA) is 86.9 Å². The highest BCUT2D eigenvalue weighted by molar-refractivity contribution is 7.09. The lowest BCUT2D eigenvalue weighted by atomic mass is 10.2. The molecule has 1 unspecified atom stereocenters. The van der Waals surface area contributed by atoms with Crippen LogP contribution in [0.5, 0.6) is 5.75 Å². The minimum atomic E-state index is -1.08. The highest BCUT2D eigenvalue weighted by atomic mass is 32.1. The molecule has 1 atom stereocenters. The highest BCUT2D eigenvalue weighted by Crippen LogP contribution is 2.20. The van der Waals surface area contributed by atoms with Crippen LogP contribution in [0.15, 0.2) is 23.7 Å². The zero-order valence-electron chi connectivity index (χ0n) is 11.8. The van der Waals surface area contributed by atoms with Gasteiger partial charge in [-0.2, -0.15) is 0 Å². The Kier molecular flexibility index (Phi) is 4.89. The number of nitrogens with zero attached hydrogens (tertiary/aromatic N) is 1. The number of aryl methyl sites for hydroxylation is 1. The van der Waals surface area contributed by atoms with E-state index in [-0.39, 0.29) is 10.6 Å². The quantitative estimate of drug-likeness (QED) is 0.788. The van der Waals surface area contributed by atoms with Crippen LogP contribution < -0.4 is 9.80 Å². The van der Waals surface area contributed by atoms with Crippen molar-refractivity contribution in [2.75, 3.05) is 13.7 Å². The van der Waals surface area contributed by atoms with Crippen LogP contribution in [0.4, 0.5) is 5.69 Å². The molecule has 0 fully saturated rings. The molecule has 21 heavy (non-hydrogen) atoms. The van der Waals surface area contributed by atoms with Gasteiger partial charge in [-0.25, -0.2) is 9.78 Å². The van der Waals surface area contributed by atoms with E-state index in [4.69, 9.17) is 9.84 Å². The molecule has 7 heteroatoms. The first-order valence-electron chi connectivity index (χ1n) is 6.38. The average molecular weight is 308 g/mol. The van der Waals surface area contributed by atoms with Gasteiger partial charge in [-0.15, -0.1) is 11.3 Å². The van der Waals surface area contributed by atoms with Crippen LogP contribution in [0.1, 0.15) is 20.9 Å². The molecule has 0 aliphatic heterocycles. The Labute approximate surface area is 126 Å². The molecule has 0 aliphatic rings. The lowest BCUT2D eigenvalue weighted by molar-refractivity contribution is -0.751. The molecule has 0 aliphatic carbocycles. The summed E-state index contributed by atoms with van der Waals surface area (Å²) in [4.78, 5) is 16.4. The number of aromatic nitrogens is 1. The molecule has 0 saturated heterocycles. The van der Waals surface area contributed by atoms with Gasteiger partial charge in [0.05, 0.1) is 30.4 Å². The number of hydrogen-bond donors (Lipinski definition) is 2. The van der Waals surface area contributed by atoms with E-state index in [9.17, 15) is 10.0 Å². The molecule has 0 bridgehead atoms. The van der Waals surface area contributed by atoms with Crippen molar-refractivity contribution in [2.45, 2.75) is 13.3 Å². The molecule has 0 spiro atoms. The normalized spacial score (nSPS) is 12.1. The Balaban J connectivity index is 2.08. The van der Waals surface area contributed by atoms with E-state index in [1.165, 1.54) is 19.2 Å². The maximum absolute atomic E-state index is 11.4. The van der Waals surface area contributed by atoms with Crippen molar-refractivity contribution < 1.29 is 19.7 Å². The molecule has 1 aromatic heterocycles. The van der Waals surface area contributed by atoms with Gasteiger partial charge in [-0.3, -0.25) is 0 Å². The van der Waals surface area contributed by atoms with Crippen molar-refractivity contribution in [3.8, 4) is 5.75 Å². The maximum atomic E-state index is 11.4. The first-order chi connectivity index (χ1) is 9.97. The smallest absolute Gasteiger partial charge is 0.336 e. The number of nitrogens with one attached hydrogen (secondary N) is 1. The number of ether oxygens (including phenoxy) is 1. The zero-order valence-corrected chi connectivity index (χ0v) is 12.6. The van der Waals surface area contributed by atoms with E-state index < -0.39 is 5.97 Å². The third kappa shape index (κ3) is 4.01. The number of quaternary nitrogens is 1. The summed E-state index contributed by atoms with van der Waals surface area (Å²) < 4.78 is 5.58. The van der Waals surface area contributed by atoms with Crippen molar-refractivity contribution in [2.24, 2.45) is 0 Å². The van der Waals surface area contributed by atoms with E-state index in [0.29, 0.717) is 24.5 Å². The fourth-order valence-electron chi connectivity index (χ4n) is 1.84. The van der Waals surface area contributed by atoms with Crippen LogP contribution in [0.25, 0.3) is 0 Å². The second-order valence-corrected chi connectivity index (χ2v) is 5.51. The molecule has 0 saturated carbocycles. The van der Waals surface area contributed by atoms with E-state index in [1.807, 2.05) is 6.92 Å². The fraction of sp³-hybridized carbons (Fsp3) is 0.286. The second kappa shape index (κ2) is 6.66. The third-order valence-electron chi connectivity index (χ3n) is 3.00. The minimum Gasteiger partial charge on any atom is -0.629 e. The van der Waals surface area contributed by atoms with E-state index in [2.05, 4.69) is 4.98 Å². The lowest BCUT2D eigenvalue weighted by Gasteiger charge is -2.17. The number of hydrogen-bond acceptors (Lipinski definition) is 5. The van der Waals surface area contributed by atoms with Gasteiger partial charge < -0.3 is 20.1 Å². The molecule has 2 rings (SSSR count). The first kappa shape index (κ1) is 15.4. The molecule has 1 aromatic carbocycles. The number of aromatic carboxylic acids is 1. The summed E-state index contributed by atoms with van der Waals surface area (Å²) in [6, 6.07) is 4.34. The summed E-state index contributed by atoms with van der Waals surface area (Å²) in [5, 5.41) is 20.3. The summed E-state index contributed by atoms with van der Waals surface area (Å²) >= 11 is 1.56. The van der Waals surface area contributed by atoms with Crippen LogP contribution in [-0.4, -0.2) is 29.7 Å². The van der Waals surface area contributed by atoms with Gasteiger partial charge in [0.15, 0.2) is 0 Å². The first-order valence-corrected chi connectivity index (χ1v) is 7.26. The second-order valence-electron chi connectivity index (χ2n) is 4.57. The fourth-order valence-corrected chi connectivity index (χ4v) is 2.60. The molecular formula is C14H16N2O4S. The Hall–Kier alpha value is -1.96. The summed E-state index contributed by atoms with van der Waals surface area (Å²) in [6.07, 6.45) is 0.698. The monoisotopic (exact) mass is 308 g/mol. The molecule has 0 radical (unpaired) electrons. The van der Waals surface area contributed by atoms with Crippen molar-refractivity contribution in [1.82, 2.24) is 4.98 Å². The van der Waals surface area contributed by atoms with Crippen LogP contribution in [0.2, 0.25) is 0 Å². The van der Waals surface area contributed by atoms with Gasteiger partial charge in [-0.1, -0.05) is 0 Å². The Morgan fingerprint density at radius 1 is 1.48 bits per heavy atom. The van der Waals surface area contributed by atoms with E-state index in [0.717, 1.165) is 10.6 Å². The Morgan fingerprint density at radius 2 is 2.24 bits per heavy atom. The summed E-state index contributed by atoms with van der Waals surface area (Å²) in [5.41, 5.74) is 3.14. The van der Waals surface area contributed by atoms with E-state index in [1.54, 1.807) is 22.9 Å². The average Bonchev–Trinajstić information content (AvgIpc) is 2.84. The van der Waals surface area contributed by atoms with Crippen LogP contribution in [0, 0.1) is 12.1 Å². The Bertz CT molecular complexity index is 640. The van der Waals surface area contributed by atoms with Crippen LogP contribution in [-0.2, 0) is 6.42 Å². The van der Waals surface area contributed by atoms with Gasteiger partial charge in [0, 0.05) is 23.4 Å². The zero-order chi connectivity index (χ0) is 15.4. The molecule has 0 amide bonds. The molecule has 1 heterocycles. The number of thiazole rings is 1. The number of benzene rings is 1. The van der Waals surface area contributed by atoms with Crippen molar-refractivity contribution in [3.63, 3.8) is 0 Å². The van der Waals surface area contributed by atoms with Crippen molar-refractivity contribution >= 4 is 23.0 Å². The van der Waals surface area contributed by atoms with Gasteiger partial charge >= 0.3 is 5.97 Å². The number of carbonyl (C=O) groups is 1. The number of rotatable bonds is 6. The molecule has 2 N–H and O–H groups in total. The predicted octanol–water partition coefficient (Wildman–Crippen LogP) is 1.42. The van der Waals surface area contributed by atoms with Crippen molar-refractivity contribution in [3.05, 3.63) is 45.1 Å². The molecule has 2 aromatic rings. The number of hydroxylamine groups is 1. The maximum Gasteiger partial charge on any atom is 0.336 e. The summed E-state index contributed by atoms with van der Waals surface area (Å²) in [7, 11) is 1.39. The molecular weight excluding hydrogens is 292 g/mol. The molecule has 112 valence electrons. The third-order valence-corrected chi connectivity index (χ3v) is 4.00. The van der Waals surface area contributed by atoms with Gasteiger partial charge in [0.25, 0.3) is 0 Å². The van der Waals surface area contributed by atoms with Crippen LogP contribution in [0.3, 0.4) is 0 Å². The minimum absolute atomic E-state index is 0.0478. The van der Waals surface area contributed by atoms with Crippen LogP contribution >= 0.6 is 11.3 Å². The SMILES string of the molecule is Cc1ncsc1CCOc1cc(C(=O)O)cc([NH+](C)[O-])c1. The van der Waals surface area contributed by atoms with E-state index >= 15 is 0 Å².